The number of rotatable bonds is 8. The summed E-state index contributed by atoms with van der Waals surface area (Å²) in [5.74, 6) is 5.73. The van der Waals surface area contributed by atoms with Crippen LogP contribution < -0.4 is 21.9 Å². The molecule has 0 spiro atoms. The molecule has 3 aromatic rings. The summed E-state index contributed by atoms with van der Waals surface area (Å²) in [6, 6.07) is 8.61. The number of hydrogen-bond acceptors (Lipinski definition) is 6. The van der Waals surface area contributed by atoms with Gasteiger partial charge >= 0.3 is 6.18 Å². The van der Waals surface area contributed by atoms with Crippen LogP contribution in [-0.4, -0.2) is 40.2 Å². The molecule has 1 saturated heterocycles. The van der Waals surface area contributed by atoms with E-state index in [1.807, 2.05) is 13.8 Å². The fourth-order valence-corrected chi connectivity index (χ4v) is 4.67. The molecule has 1 aromatic heterocycles. The van der Waals surface area contributed by atoms with E-state index in [4.69, 9.17) is 11.6 Å². The number of amides is 1. The molecule has 5 N–H and O–H groups in total. The molecule has 0 atom stereocenters. The Bertz CT molecular complexity index is 1370. The summed E-state index contributed by atoms with van der Waals surface area (Å²) in [5, 5.41) is 8.13. The molecular formula is C28H34F3N7O. The smallest absolute Gasteiger partial charge is 0.397 e. The van der Waals surface area contributed by atoms with Gasteiger partial charge in [0.2, 0.25) is 0 Å². The topological polar surface area (TPSA) is 105 Å². The van der Waals surface area contributed by atoms with Crippen LogP contribution in [0.1, 0.15) is 51.1 Å². The fourth-order valence-electron chi connectivity index (χ4n) is 4.67. The van der Waals surface area contributed by atoms with Gasteiger partial charge in [-0.05, 0) is 87.7 Å². The lowest BCUT2D eigenvalue weighted by Crippen LogP contribution is -2.27. The summed E-state index contributed by atoms with van der Waals surface area (Å²) in [5.41, 5.74) is 9.58. The quantitative estimate of drug-likeness (QED) is 0.285. The van der Waals surface area contributed by atoms with Crippen LogP contribution in [0.5, 0.6) is 0 Å². The van der Waals surface area contributed by atoms with Gasteiger partial charge in [-0.25, -0.2) is 5.84 Å². The number of benzene rings is 2. The summed E-state index contributed by atoms with van der Waals surface area (Å²) in [6.07, 6.45) is 1.32. The molecule has 39 heavy (non-hydrogen) atoms. The molecule has 1 fully saturated rings. The van der Waals surface area contributed by atoms with Crippen molar-refractivity contribution in [3.05, 3.63) is 82.3 Å². The lowest BCUT2D eigenvalue weighted by atomic mass is 10.0. The Morgan fingerprint density at radius 3 is 2.51 bits per heavy atom. The van der Waals surface area contributed by atoms with Crippen molar-refractivity contribution >= 4 is 23.0 Å². The molecule has 2 aromatic carbocycles. The van der Waals surface area contributed by atoms with Crippen LogP contribution in [0.2, 0.25) is 0 Å². The second-order valence-corrected chi connectivity index (χ2v) is 9.93. The third-order valence-electron chi connectivity index (χ3n) is 7.07. The van der Waals surface area contributed by atoms with Gasteiger partial charge in [-0.15, -0.1) is 0 Å². The zero-order chi connectivity index (χ0) is 28.3. The number of carbonyl (C=O) groups is 1. The van der Waals surface area contributed by atoms with Gasteiger partial charge in [0.1, 0.15) is 0 Å². The Kier molecular flexibility index (Phi) is 8.31. The first-order valence-corrected chi connectivity index (χ1v) is 12.8. The van der Waals surface area contributed by atoms with Crippen LogP contribution in [0, 0.1) is 13.8 Å². The molecule has 0 unspecified atom stereocenters. The van der Waals surface area contributed by atoms with Crippen LogP contribution in [0.15, 0.2) is 48.8 Å². The molecule has 1 aliphatic rings. The van der Waals surface area contributed by atoms with Gasteiger partial charge in [0, 0.05) is 42.3 Å². The van der Waals surface area contributed by atoms with Crippen molar-refractivity contribution in [3.8, 4) is 0 Å². The number of aromatic nitrogens is 2. The van der Waals surface area contributed by atoms with Crippen molar-refractivity contribution in [1.29, 1.82) is 0 Å². The largest absolute Gasteiger partial charge is 0.416 e. The van der Waals surface area contributed by atoms with Crippen LogP contribution >= 0.6 is 0 Å². The van der Waals surface area contributed by atoms with E-state index in [9.17, 15) is 18.0 Å². The predicted octanol–water partition coefficient (Wildman–Crippen LogP) is 4.58. The molecule has 2 heterocycles. The van der Waals surface area contributed by atoms with Gasteiger partial charge in [0.25, 0.3) is 5.91 Å². The van der Waals surface area contributed by atoms with E-state index in [1.54, 1.807) is 42.2 Å². The van der Waals surface area contributed by atoms with E-state index in [2.05, 4.69) is 15.3 Å². The second-order valence-electron chi connectivity index (χ2n) is 9.93. The van der Waals surface area contributed by atoms with E-state index in [0.717, 1.165) is 54.9 Å². The van der Waals surface area contributed by atoms with Crippen molar-refractivity contribution in [3.63, 3.8) is 0 Å². The molecule has 0 aliphatic carbocycles. The maximum absolute atomic E-state index is 13.6. The average Bonchev–Trinajstić information content (AvgIpc) is 3.52. The summed E-state index contributed by atoms with van der Waals surface area (Å²) < 4.78 is 42.6. The Balaban J connectivity index is 1.55. The predicted molar refractivity (Wildman–Crippen MR) is 147 cm³/mol. The fraction of sp³-hybridized carbons (Fsp3) is 0.357. The van der Waals surface area contributed by atoms with Crippen molar-refractivity contribution < 1.29 is 18.0 Å². The highest BCUT2D eigenvalue weighted by atomic mass is 19.4. The number of nitrogens with one attached hydrogen (secondary N) is 1. The van der Waals surface area contributed by atoms with E-state index >= 15 is 0 Å². The van der Waals surface area contributed by atoms with Crippen molar-refractivity contribution in [1.82, 2.24) is 14.7 Å². The first-order valence-electron chi connectivity index (χ1n) is 12.8. The average molecular weight is 542 g/mol. The maximum Gasteiger partial charge on any atom is 0.416 e. The molecule has 4 rings (SSSR count). The summed E-state index contributed by atoms with van der Waals surface area (Å²) >= 11 is 0. The molecule has 208 valence electrons. The van der Waals surface area contributed by atoms with Crippen LogP contribution in [-0.2, 0) is 19.6 Å². The molecular weight excluding hydrogens is 507 g/mol. The van der Waals surface area contributed by atoms with Crippen molar-refractivity contribution in [2.24, 2.45) is 18.6 Å². The van der Waals surface area contributed by atoms with E-state index in [-0.39, 0.29) is 11.3 Å². The maximum atomic E-state index is 13.6. The molecule has 0 saturated carbocycles. The number of halogens is 3. The molecule has 8 nitrogen and oxygen atoms in total. The Morgan fingerprint density at radius 2 is 1.87 bits per heavy atom. The monoisotopic (exact) mass is 541 g/mol. The number of nitrogens with zero attached hydrogens (tertiary/aromatic N) is 4. The highest BCUT2D eigenvalue weighted by Gasteiger charge is 2.31. The number of likely N-dealkylation sites (tertiary alicyclic amines) is 1. The van der Waals surface area contributed by atoms with Gasteiger partial charge in [-0.3, -0.25) is 14.5 Å². The van der Waals surface area contributed by atoms with Crippen molar-refractivity contribution in [2.75, 3.05) is 30.0 Å². The van der Waals surface area contributed by atoms with Gasteiger partial charge in [0.05, 0.1) is 23.1 Å². The number of anilines is 2. The van der Waals surface area contributed by atoms with Crippen LogP contribution in [0.4, 0.5) is 24.5 Å². The first kappa shape index (κ1) is 28.2. The van der Waals surface area contributed by atoms with Crippen molar-refractivity contribution in [2.45, 2.75) is 39.3 Å². The lowest BCUT2D eigenvalue weighted by molar-refractivity contribution is -0.137. The van der Waals surface area contributed by atoms with E-state index in [0.29, 0.717) is 29.9 Å². The number of hydrogen-bond donors (Lipinski definition) is 3. The number of alkyl halides is 3. The van der Waals surface area contributed by atoms with Gasteiger partial charge in [-0.1, -0.05) is 6.07 Å². The molecule has 0 bridgehead atoms. The molecule has 1 amide bonds. The zero-order valence-electron chi connectivity index (χ0n) is 22.3. The third kappa shape index (κ3) is 6.79. The van der Waals surface area contributed by atoms with E-state index < -0.39 is 17.6 Å². The minimum absolute atomic E-state index is 0.0918. The Labute approximate surface area is 226 Å². The number of nitrogens with two attached hydrogens (primary N) is 2. The second kappa shape index (κ2) is 11.5. The molecule has 1 aliphatic heterocycles. The Hall–Kier alpha value is -3.83. The third-order valence-corrected chi connectivity index (χ3v) is 7.07. The SMILES string of the molecule is Cc1ccc(C(=O)Nc2cc(CCN3CCCC3)cc(C(F)(F)F)c2)cc1N(N)/C=C(\N)c1cnn(C)c1C. The van der Waals surface area contributed by atoms with E-state index in [1.165, 1.54) is 11.2 Å². The summed E-state index contributed by atoms with van der Waals surface area (Å²) in [6.45, 7) is 6.30. The van der Waals surface area contributed by atoms with Gasteiger partial charge in [0.15, 0.2) is 0 Å². The van der Waals surface area contributed by atoms with Gasteiger partial charge < -0.3 is 16.0 Å². The lowest BCUT2D eigenvalue weighted by Gasteiger charge is -2.19. The van der Waals surface area contributed by atoms with Gasteiger partial charge in [-0.2, -0.15) is 18.3 Å². The first-order chi connectivity index (χ1) is 18.4. The number of carbonyl (C=O) groups excluding carboxylic acids is 1. The minimum atomic E-state index is -4.53. The van der Waals surface area contributed by atoms with Crippen LogP contribution in [0.3, 0.4) is 0 Å². The molecule has 11 heteroatoms. The van der Waals surface area contributed by atoms with Crippen LogP contribution in [0.25, 0.3) is 5.70 Å². The highest BCUT2D eigenvalue weighted by Crippen LogP contribution is 2.32. The standard InChI is InChI=1S/C28H34F3N7O/c1-18-6-7-21(14-26(18)38(33)17-25(32)24-16-34-36(3)19(24)2)27(39)35-23-13-20(8-11-37-9-4-5-10-37)12-22(15-23)28(29,30)31/h6-7,12-17H,4-5,8-11,32-33H2,1-3H3,(H,35,39)/b25-17-. The normalized spacial score (nSPS) is 14.6. The molecule has 0 radical (unpaired) electrons. The number of hydrazine groups is 1. The summed E-state index contributed by atoms with van der Waals surface area (Å²) in [4.78, 5) is 15.4. The zero-order valence-corrected chi connectivity index (χ0v) is 22.3. The Morgan fingerprint density at radius 1 is 1.15 bits per heavy atom. The highest BCUT2D eigenvalue weighted by molar-refractivity contribution is 6.05. The number of aryl methyl sites for hydroxylation is 2. The summed E-state index contributed by atoms with van der Waals surface area (Å²) in [7, 11) is 1.81. The minimum Gasteiger partial charge on any atom is -0.397 e.